The Hall–Kier alpha value is -0.180. The second-order valence-corrected chi connectivity index (χ2v) is 4.22. The summed E-state index contributed by atoms with van der Waals surface area (Å²) in [5, 5.41) is 4.17. The maximum atomic E-state index is 5.88. The molecule has 0 aliphatic rings. The van der Waals surface area contributed by atoms with Gasteiger partial charge in [-0.15, -0.1) is 11.3 Å². The van der Waals surface area contributed by atoms with E-state index in [9.17, 15) is 0 Å². The average Bonchev–Trinajstić information content (AvgIpc) is 2.46. The van der Waals surface area contributed by atoms with Crippen molar-refractivity contribution < 1.29 is 0 Å². The van der Waals surface area contributed by atoms with Crippen LogP contribution in [-0.2, 0) is 5.75 Å². The molecule has 0 N–H and O–H groups in total. The third-order valence-corrected chi connectivity index (χ3v) is 3.37. The zero-order chi connectivity index (χ0) is 8.55. The van der Waals surface area contributed by atoms with Crippen molar-refractivity contribution in [2.75, 3.05) is 0 Å². The largest absolute Gasteiger partial charge is 0.174 e. The van der Waals surface area contributed by atoms with Crippen molar-refractivity contribution in [3.8, 4) is 0 Å². The van der Waals surface area contributed by atoms with Crippen LogP contribution in [0, 0.1) is 0 Å². The fraction of sp³-hybridized carbons (Fsp3) is 0.111. The lowest BCUT2D eigenvalue weighted by atomic mass is 10.2. The van der Waals surface area contributed by atoms with Gasteiger partial charge >= 0.3 is 0 Å². The van der Waals surface area contributed by atoms with E-state index in [0.29, 0.717) is 0 Å². The molecule has 0 unspecified atom stereocenters. The second-order valence-electron chi connectivity index (χ2n) is 2.56. The van der Waals surface area contributed by atoms with E-state index < -0.39 is 0 Å². The van der Waals surface area contributed by atoms with Gasteiger partial charge in [-0.2, -0.15) is 12.6 Å². The zero-order valence-corrected chi connectivity index (χ0v) is 8.72. The highest BCUT2D eigenvalue weighted by Crippen LogP contribution is 2.29. The molecule has 0 fully saturated rings. The number of benzene rings is 1. The molecular weight excluding hydrogens is 208 g/mol. The Labute approximate surface area is 85.6 Å². The molecule has 0 bridgehead atoms. The van der Waals surface area contributed by atoms with E-state index in [2.05, 4.69) is 24.1 Å². The maximum Gasteiger partial charge on any atom is 0.0413 e. The Morgan fingerprint density at radius 2 is 2.25 bits per heavy atom. The first-order valence-corrected chi connectivity index (χ1v) is 5.47. The summed E-state index contributed by atoms with van der Waals surface area (Å²) in [5.41, 5.74) is 1.26. The lowest BCUT2D eigenvalue weighted by Crippen LogP contribution is -1.72. The molecule has 0 saturated heterocycles. The molecule has 0 aliphatic carbocycles. The second kappa shape index (κ2) is 3.29. The van der Waals surface area contributed by atoms with Crippen LogP contribution in [0.25, 0.3) is 10.1 Å². The molecule has 0 saturated carbocycles. The lowest BCUT2D eigenvalue weighted by Gasteiger charge is -1.93. The van der Waals surface area contributed by atoms with E-state index in [-0.39, 0.29) is 0 Å². The molecule has 0 spiro atoms. The van der Waals surface area contributed by atoms with E-state index >= 15 is 0 Å². The summed E-state index contributed by atoms with van der Waals surface area (Å²) in [5.74, 6) is 0.778. The molecule has 0 nitrogen and oxygen atoms in total. The predicted molar refractivity (Wildman–Crippen MR) is 59.5 cm³/mol. The van der Waals surface area contributed by atoms with E-state index in [1.165, 1.54) is 15.6 Å². The van der Waals surface area contributed by atoms with Gasteiger partial charge in [-0.25, -0.2) is 0 Å². The van der Waals surface area contributed by atoms with Crippen LogP contribution in [0.4, 0.5) is 0 Å². The fourth-order valence-corrected chi connectivity index (χ4v) is 2.68. The average molecular weight is 215 g/mol. The SMILES string of the molecule is SCc1csc2ccc(Cl)cc12. The number of hydrogen-bond acceptors (Lipinski definition) is 2. The van der Waals surface area contributed by atoms with Gasteiger partial charge in [0.05, 0.1) is 0 Å². The number of thiol groups is 1. The summed E-state index contributed by atoms with van der Waals surface area (Å²) in [6.07, 6.45) is 0. The maximum absolute atomic E-state index is 5.88. The number of thiophene rings is 1. The molecule has 1 heterocycles. The topological polar surface area (TPSA) is 0 Å². The summed E-state index contributed by atoms with van der Waals surface area (Å²) in [6.45, 7) is 0. The van der Waals surface area contributed by atoms with Crippen LogP contribution in [0.15, 0.2) is 23.6 Å². The van der Waals surface area contributed by atoms with Gasteiger partial charge in [-0.3, -0.25) is 0 Å². The molecule has 12 heavy (non-hydrogen) atoms. The highest BCUT2D eigenvalue weighted by molar-refractivity contribution is 7.79. The van der Waals surface area contributed by atoms with Gasteiger partial charge in [0.1, 0.15) is 0 Å². The van der Waals surface area contributed by atoms with Gasteiger partial charge in [0.2, 0.25) is 0 Å². The van der Waals surface area contributed by atoms with Crippen LogP contribution in [0.3, 0.4) is 0 Å². The van der Waals surface area contributed by atoms with Gasteiger partial charge in [-0.05, 0) is 34.5 Å². The van der Waals surface area contributed by atoms with Crippen molar-refractivity contribution in [2.24, 2.45) is 0 Å². The highest BCUT2D eigenvalue weighted by Gasteiger charge is 2.01. The van der Waals surface area contributed by atoms with Crippen LogP contribution < -0.4 is 0 Å². The molecule has 1 aromatic carbocycles. The minimum absolute atomic E-state index is 0.778. The lowest BCUT2D eigenvalue weighted by molar-refractivity contribution is 1.53. The molecule has 0 atom stereocenters. The van der Waals surface area contributed by atoms with Gasteiger partial charge in [0.15, 0.2) is 0 Å². The Kier molecular flexibility index (Phi) is 2.31. The predicted octanol–water partition coefficient (Wildman–Crippen LogP) is 3.98. The monoisotopic (exact) mass is 214 g/mol. The normalized spacial score (nSPS) is 10.8. The van der Waals surface area contributed by atoms with Gasteiger partial charge in [-0.1, -0.05) is 11.6 Å². The van der Waals surface area contributed by atoms with Crippen LogP contribution in [0.5, 0.6) is 0 Å². The Morgan fingerprint density at radius 1 is 1.42 bits per heavy atom. The smallest absolute Gasteiger partial charge is 0.0413 e. The Bertz CT molecular complexity index is 406. The standard InChI is InChI=1S/C9H7ClS2/c10-7-1-2-9-8(3-7)6(4-11)5-12-9/h1-3,5,11H,4H2. The molecule has 2 aromatic rings. The molecule has 1 aromatic heterocycles. The molecule has 62 valence electrons. The van der Waals surface area contributed by atoms with Crippen molar-refractivity contribution in [3.05, 3.63) is 34.2 Å². The minimum Gasteiger partial charge on any atom is -0.174 e. The van der Waals surface area contributed by atoms with Crippen molar-refractivity contribution in [1.29, 1.82) is 0 Å². The van der Waals surface area contributed by atoms with Crippen LogP contribution in [0.2, 0.25) is 5.02 Å². The van der Waals surface area contributed by atoms with Crippen molar-refractivity contribution in [1.82, 2.24) is 0 Å². The third-order valence-electron chi connectivity index (χ3n) is 1.79. The molecule has 2 rings (SSSR count). The van der Waals surface area contributed by atoms with Crippen LogP contribution >= 0.6 is 35.6 Å². The first-order chi connectivity index (χ1) is 5.81. The highest BCUT2D eigenvalue weighted by atomic mass is 35.5. The van der Waals surface area contributed by atoms with Gasteiger partial charge in [0.25, 0.3) is 0 Å². The number of fused-ring (bicyclic) bond motifs is 1. The number of rotatable bonds is 1. The van der Waals surface area contributed by atoms with Crippen LogP contribution in [-0.4, -0.2) is 0 Å². The van der Waals surface area contributed by atoms with E-state index in [0.717, 1.165) is 10.8 Å². The van der Waals surface area contributed by atoms with E-state index in [1.807, 2.05) is 12.1 Å². The quantitative estimate of drug-likeness (QED) is 0.682. The Morgan fingerprint density at radius 3 is 3.00 bits per heavy atom. The summed E-state index contributed by atoms with van der Waals surface area (Å²) in [4.78, 5) is 0. The fourth-order valence-electron chi connectivity index (χ4n) is 1.18. The zero-order valence-electron chi connectivity index (χ0n) is 6.25. The summed E-state index contributed by atoms with van der Waals surface area (Å²) < 4.78 is 1.28. The molecule has 0 aliphatic heterocycles. The summed E-state index contributed by atoms with van der Waals surface area (Å²) >= 11 is 11.9. The van der Waals surface area contributed by atoms with E-state index in [4.69, 9.17) is 11.6 Å². The third kappa shape index (κ3) is 1.35. The summed E-state index contributed by atoms with van der Waals surface area (Å²) in [6, 6.07) is 5.97. The van der Waals surface area contributed by atoms with Crippen LogP contribution in [0.1, 0.15) is 5.56 Å². The number of hydrogen-bond donors (Lipinski definition) is 1. The first-order valence-electron chi connectivity index (χ1n) is 3.58. The van der Waals surface area contributed by atoms with Crippen molar-refractivity contribution >= 4 is 45.7 Å². The molecule has 3 heteroatoms. The van der Waals surface area contributed by atoms with Crippen molar-refractivity contribution in [2.45, 2.75) is 5.75 Å². The minimum atomic E-state index is 0.778. The van der Waals surface area contributed by atoms with Gasteiger partial charge < -0.3 is 0 Å². The Balaban J connectivity index is 2.75. The molecular formula is C9H7ClS2. The number of halogens is 1. The molecule has 0 amide bonds. The summed E-state index contributed by atoms with van der Waals surface area (Å²) in [7, 11) is 0. The van der Waals surface area contributed by atoms with Gasteiger partial charge in [0, 0.05) is 15.5 Å². The van der Waals surface area contributed by atoms with E-state index in [1.54, 1.807) is 11.3 Å². The van der Waals surface area contributed by atoms with Crippen molar-refractivity contribution in [3.63, 3.8) is 0 Å². The molecule has 0 radical (unpaired) electrons. The first kappa shape index (κ1) is 8.42.